The number of amides is 1. The van der Waals surface area contributed by atoms with E-state index >= 15 is 0 Å². The normalized spacial score (nSPS) is 11.2. The van der Waals surface area contributed by atoms with Crippen molar-refractivity contribution in [2.75, 3.05) is 5.32 Å². The summed E-state index contributed by atoms with van der Waals surface area (Å²) >= 11 is 2.82. The lowest BCUT2D eigenvalue weighted by molar-refractivity contribution is -0.138. The summed E-state index contributed by atoms with van der Waals surface area (Å²) in [5, 5.41) is 11.5. The SMILES string of the molecule is O=C(Nc1ccc(Br)c(C(F)(F)F)c1)c1ccc(O)cc1. The van der Waals surface area contributed by atoms with Crippen molar-refractivity contribution in [1.82, 2.24) is 0 Å². The summed E-state index contributed by atoms with van der Waals surface area (Å²) in [4.78, 5) is 11.9. The average molecular weight is 360 g/mol. The van der Waals surface area contributed by atoms with Gasteiger partial charge in [0.1, 0.15) is 5.75 Å². The Balaban J connectivity index is 2.24. The first-order valence-corrected chi connectivity index (χ1v) is 6.54. The van der Waals surface area contributed by atoms with E-state index in [1.54, 1.807) is 0 Å². The van der Waals surface area contributed by atoms with Gasteiger partial charge in [-0.3, -0.25) is 4.79 Å². The Bertz CT molecular complexity index is 669. The topological polar surface area (TPSA) is 49.3 Å². The number of halogens is 4. The second kappa shape index (κ2) is 5.77. The number of hydrogen-bond acceptors (Lipinski definition) is 2. The maximum Gasteiger partial charge on any atom is 0.417 e. The third-order valence-electron chi connectivity index (χ3n) is 2.66. The van der Waals surface area contributed by atoms with Gasteiger partial charge in [-0.25, -0.2) is 0 Å². The third-order valence-corrected chi connectivity index (χ3v) is 3.35. The fourth-order valence-corrected chi connectivity index (χ4v) is 2.11. The first-order chi connectivity index (χ1) is 9.77. The zero-order valence-electron chi connectivity index (χ0n) is 10.4. The molecule has 0 atom stereocenters. The van der Waals surface area contributed by atoms with E-state index in [2.05, 4.69) is 21.2 Å². The second-order valence-corrected chi connectivity index (χ2v) is 5.05. The molecular formula is C14H9BrF3NO2. The molecule has 2 rings (SSSR count). The maximum absolute atomic E-state index is 12.8. The fraction of sp³-hybridized carbons (Fsp3) is 0.0714. The summed E-state index contributed by atoms with van der Waals surface area (Å²) < 4.78 is 38.2. The summed E-state index contributed by atoms with van der Waals surface area (Å²) in [5.74, 6) is -0.569. The Morgan fingerprint density at radius 3 is 2.29 bits per heavy atom. The highest BCUT2D eigenvalue weighted by molar-refractivity contribution is 9.10. The highest BCUT2D eigenvalue weighted by Crippen LogP contribution is 2.36. The number of hydrogen-bond donors (Lipinski definition) is 2. The first-order valence-electron chi connectivity index (χ1n) is 5.74. The number of nitrogens with one attached hydrogen (secondary N) is 1. The molecule has 0 aromatic heterocycles. The minimum atomic E-state index is -4.52. The van der Waals surface area contributed by atoms with Crippen molar-refractivity contribution in [3.63, 3.8) is 0 Å². The molecule has 0 aliphatic rings. The molecule has 2 N–H and O–H groups in total. The molecule has 0 spiro atoms. The predicted octanol–water partition coefficient (Wildman–Crippen LogP) is 4.43. The largest absolute Gasteiger partial charge is 0.508 e. The standard InChI is InChI=1S/C14H9BrF3NO2/c15-12-6-3-9(7-11(12)14(16,17)18)19-13(21)8-1-4-10(20)5-2-8/h1-7,20H,(H,19,21). The van der Waals surface area contributed by atoms with Gasteiger partial charge in [0, 0.05) is 15.7 Å². The molecule has 0 bridgehead atoms. The summed E-state index contributed by atoms with van der Waals surface area (Å²) in [6.07, 6.45) is -4.52. The number of phenols is 1. The van der Waals surface area contributed by atoms with Crippen molar-refractivity contribution in [3.05, 3.63) is 58.1 Å². The fourth-order valence-electron chi connectivity index (χ4n) is 1.64. The zero-order chi connectivity index (χ0) is 15.6. The molecule has 21 heavy (non-hydrogen) atoms. The molecule has 3 nitrogen and oxygen atoms in total. The van der Waals surface area contributed by atoms with Gasteiger partial charge in [-0.05, 0) is 42.5 Å². The molecule has 0 radical (unpaired) electrons. The van der Waals surface area contributed by atoms with Crippen LogP contribution >= 0.6 is 15.9 Å². The molecule has 2 aromatic carbocycles. The number of alkyl halides is 3. The Morgan fingerprint density at radius 2 is 1.71 bits per heavy atom. The van der Waals surface area contributed by atoms with Crippen molar-refractivity contribution < 1.29 is 23.1 Å². The Kier molecular flexibility index (Phi) is 4.22. The second-order valence-electron chi connectivity index (χ2n) is 4.19. The molecular weight excluding hydrogens is 351 g/mol. The minimum absolute atomic E-state index is 0.00505. The summed E-state index contributed by atoms with van der Waals surface area (Å²) in [6, 6.07) is 8.80. The number of rotatable bonds is 2. The predicted molar refractivity (Wildman–Crippen MR) is 75.2 cm³/mol. The lowest BCUT2D eigenvalue weighted by Gasteiger charge is -2.12. The van der Waals surface area contributed by atoms with Gasteiger partial charge >= 0.3 is 6.18 Å². The Labute approximate surface area is 126 Å². The van der Waals surface area contributed by atoms with Crippen LogP contribution < -0.4 is 5.32 Å². The van der Waals surface area contributed by atoms with Crippen LogP contribution in [-0.2, 0) is 6.18 Å². The van der Waals surface area contributed by atoms with E-state index in [0.29, 0.717) is 0 Å². The van der Waals surface area contributed by atoms with Crippen molar-refractivity contribution in [2.45, 2.75) is 6.18 Å². The van der Waals surface area contributed by atoms with E-state index in [-0.39, 0.29) is 21.5 Å². The number of phenolic OH excluding ortho intramolecular Hbond substituents is 1. The maximum atomic E-state index is 12.8. The van der Waals surface area contributed by atoms with Crippen LogP contribution in [0.3, 0.4) is 0 Å². The lowest BCUT2D eigenvalue weighted by Crippen LogP contribution is -2.13. The van der Waals surface area contributed by atoms with Gasteiger partial charge < -0.3 is 10.4 Å². The van der Waals surface area contributed by atoms with Gasteiger partial charge in [-0.2, -0.15) is 13.2 Å². The zero-order valence-corrected chi connectivity index (χ0v) is 12.0. The molecule has 2 aromatic rings. The van der Waals surface area contributed by atoms with E-state index in [0.717, 1.165) is 6.07 Å². The summed E-state index contributed by atoms with van der Waals surface area (Å²) in [6.45, 7) is 0. The highest BCUT2D eigenvalue weighted by atomic mass is 79.9. The molecule has 1 amide bonds. The first kappa shape index (κ1) is 15.4. The van der Waals surface area contributed by atoms with Crippen LogP contribution in [0.2, 0.25) is 0 Å². The monoisotopic (exact) mass is 359 g/mol. The molecule has 0 unspecified atom stereocenters. The summed E-state index contributed by atoms with van der Waals surface area (Å²) in [7, 11) is 0. The van der Waals surface area contributed by atoms with Gasteiger partial charge in [-0.15, -0.1) is 0 Å². The van der Waals surface area contributed by atoms with Gasteiger partial charge in [0.25, 0.3) is 5.91 Å². The molecule has 0 fully saturated rings. The number of carbonyl (C=O) groups is 1. The van der Waals surface area contributed by atoms with E-state index in [4.69, 9.17) is 5.11 Å². The number of carbonyl (C=O) groups excluding carboxylic acids is 1. The highest BCUT2D eigenvalue weighted by Gasteiger charge is 2.33. The van der Waals surface area contributed by atoms with Crippen LogP contribution in [0.5, 0.6) is 5.75 Å². The summed E-state index contributed by atoms with van der Waals surface area (Å²) in [5.41, 5.74) is -0.612. The quantitative estimate of drug-likeness (QED) is 0.833. The van der Waals surface area contributed by atoms with Crippen LogP contribution in [0.4, 0.5) is 18.9 Å². The van der Waals surface area contributed by atoms with Gasteiger partial charge in [-0.1, -0.05) is 15.9 Å². The Hall–Kier alpha value is -2.02. The van der Waals surface area contributed by atoms with Gasteiger partial charge in [0.2, 0.25) is 0 Å². The van der Waals surface area contributed by atoms with Crippen molar-refractivity contribution in [2.24, 2.45) is 0 Å². The molecule has 0 heterocycles. The average Bonchev–Trinajstić information content (AvgIpc) is 2.40. The van der Waals surface area contributed by atoms with Crippen LogP contribution in [0.1, 0.15) is 15.9 Å². The van der Waals surface area contributed by atoms with Crippen LogP contribution in [0.25, 0.3) is 0 Å². The minimum Gasteiger partial charge on any atom is -0.508 e. The Morgan fingerprint density at radius 1 is 1.10 bits per heavy atom. The lowest BCUT2D eigenvalue weighted by atomic mass is 10.1. The van der Waals surface area contributed by atoms with E-state index < -0.39 is 17.6 Å². The van der Waals surface area contributed by atoms with Gasteiger partial charge in [0.15, 0.2) is 0 Å². The van der Waals surface area contributed by atoms with Crippen molar-refractivity contribution >= 4 is 27.5 Å². The number of benzene rings is 2. The van der Waals surface area contributed by atoms with Crippen molar-refractivity contribution in [3.8, 4) is 5.75 Å². The number of anilines is 1. The molecule has 110 valence electrons. The van der Waals surface area contributed by atoms with Gasteiger partial charge in [0.05, 0.1) is 5.56 Å². The van der Waals surface area contributed by atoms with Crippen LogP contribution in [0, 0.1) is 0 Å². The van der Waals surface area contributed by atoms with E-state index in [9.17, 15) is 18.0 Å². The molecule has 0 saturated heterocycles. The van der Waals surface area contributed by atoms with E-state index in [1.807, 2.05) is 0 Å². The third kappa shape index (κ3) is 3.75. The smallest absolute Gasteiger partial charge is 0.417 e. The molecule has 0 aliphatic carbocycles. The van der Waals surface area contributed by atoms with E-state index in [1.165, 1.54) is 36.4 Å². The van der Waals surface area contributed by atoms with Crippen LogP contribution in [0.15, 0.2) is 46.9 Å². The molecule has 7 heteroatoms. The van der Waals surface area contributed by atoms with Crippen LogP contribution in [-0.4, -0.2) is 11.0 Å². The molecule has 0 saturated carbocycles. The molecule has 0 aliphatic heterocycles. The van der Waals surface area contributed by atoms with Crippen molar-refractivity contribution in [1.29, 1.82) is 0 Å². The number of aromatic hydroxyl groups is 1.